The van der Waals surface area contributed by atoms with E-state index in [0.29, 0.717) is 32.5 Å². The summed E-state index contributed by atoms with van der Waals surface area (Å²) in [6.07, 6.45) is 2.26. The van der Waals surface area contributed by atoms with E-state index >= 15 is 0 Å². The summed E-state index contributed by atoms with van der Waals surface area (Å²) in [5.41, 5.74) is 1.90. The predicted octanol–water partition coefficient (Wildman–Crippen LogP) is 0.665. The fraction of sp³-hybridized carbons (Fsp3) is 0.579. The van der Waals surface area contributed by atoms with Crippen LogP contribution in [-0.2, 0) is 16.0 Å². The van der Waals surface area contributed by atoms with Gasteiger partial charge in [-0.05, 0) is 38.6 Å². The van der Waals surface area contributed by atoms with Crippen LogP contribution in [0.2, 0.25) is 0 Å². The number of nitrogens with zero attached hydrogens (tertiary/aromatic N) is 3. The molecule has 2 N–H and O–H groups in total. The van der Waals surface area contributed by atoms with Crippen LogP contribution in [0.15, 0.2) is 24.3 Å². The number of fused-ring (bicyclic) bond motifs is 1. The molecule has 26 heavy (non-hydrogen) atoms. The Hall–Kier alpha value is -2.12. The molecule has 0 bridgehead atoms. The topological polar surface area (TPSA) is 84.3 Å². The first-order valence-corrected chi connectivity index (χ1v) is 8.94. The maximum absolute atomic E-state index is 12.5. The average Bonchev–Trinajstić information content (AvgIpc) is 3.16. The highest BCUT2D eigenvalue weighted by Crippen LogP contribution is 2.28. The van der Waals surface area contributed by atoms with Crippen LogP contribution in [0.4, 0.5) is 5.69 Å². The van der Waals surface area contributed by atoms with Crippen molar-refractivity contribution in [2.75, 3.05) is 51.7 Å². The summed E-state index contributed by atoms with van der Waals surface area (Å²) in [4.78, 5) is 26.9. The van der Waals surface area contributed by atoms with Crippen molar-refractivity contribution in [3.63, 3.8) is 0 Å². The Bertz CT molecular complexity index is 623. The standard InChI is InChI=1S/C18H27N3O2.CH2O2/c1-19(2)13-18(23)9-12-21(14-18)17(22)8-11-20-10-7-15-5-3-4-6-16(15)20;2-1-3/h3-6,23H,7-14H2,1-2H3;1H,(H,2,3). The third kappa shape index (κ3) is 5.19. The Morgan fingerprint density at radius 2 is 2.00 bits per heavy atom. The van der Waals surface area contributed by atoms with Gasteiger partial charge in [-0.2, -0.15) is 0 Å². The molecule has 1 amide bonds. The Morgan fingerprint density at radius 1 is 1.31 bits per heavy atom. The summed E-state index contributed by atoms with van der Waals surface area (Å²) in [5, 5.41) is 17.4. The molecular formula is C19H29N3O4. The molecule has 7 heteroatoms. The number of carbonyl (C=O) groups excluding carboxylic acids is 1. The number of amides is 1. The number of likely N-dealkylation sites (N-methyl/N-ethyl adjacent to an activating group) is 1. The zero-order chi connectivity index (χ0) is 19.2. The zero-order valence-corrected chi connectivity index (χ0v) is 15.6. The molecule has 1 fully saturated rings. The van der Waals surface area contributed by atoms with Crippen LogP contribution in [0, 0.1) is 0 Å². The van der Waals surface area contributed by atoms with Crippen LogP contribution < -0.4 is 4.90 Å². The van der Waals surface area contributed by atoms with Gasteiger partial charge in [0.05, 0.1) is 12.1 Å². The Kier molecular flexibility index (Phi) is 6.99. The first-order valence-electron chi connectivity index (χ1n) is 8.94. The molecule has 1 aromatic rings. The van der Waals surface area contributed by atoms with Crippen molar-refractivity contribution in [1.29, 1.82) is 0 Å². The molecule has 1 saturated heterocycles. The van der Waals surface area contributed by atoms with Crippen molar-refractivity contribution in [1.82, 2.24) is 9.80 Å². The SMILES string of the molecule is CN(C)CC1(O)CCN(C(=O)CCN2CCc3ccccc32)C1.O=CO. The number of hydrogen-bond donors (Lipinski definition) is 2. The Labute approximate surface area is 154 Å². The third-order valence-corrected chi connectivity index (χ3v) is 4.87. The molecule has 2 aliphatic rings. The van der Waals surface area contributed by atoms with Crippen LogP contribution >= 0.6 is 0 Å². The van der Waals surface area contributed by atoms with Crippen molar-refractivity contribution in [2.24, 2.45) is 0 Å². The number of likely N-dealkylation sites (tertiary alicyclic amines) is 1. The van der Waals surface area contributed by atoms with E-state index in [-0.39, 0.29) is 12.4 Å². The highest BCUT2D eigenvalue weighted by atomic mass is 16.3. The van der Waals surface area contributed by atoms with Gasteiger partial charge in [-0.3, -0.25) is 9.59 Å². The molecule has 1 atom stereocenters. The molecular weight excluding hydrogens is 334 g/mol. The lowest BCUT2D eigenvalue weighted by Crippen LogP contribution is -2.43. The van der Waals surface area contributed by atoms with E-state index in [2.05, 4.69) is 29.2 Å². The number of β-amino-alcohol motifs (C(OH)–C–C–N with tert-alkyl or cyclic N) is 1. The molecule has 2 heterocycles. The van der Waals surface area contributed by atoms with Gasteiger partial charge < -0.3 is 24.9 Å². The van der Waals surface area contributed by atoms with E-state index in [9.17, 15) is 9.90 Å². The van der Waals surface area contributed by atoms with Gasteiger partial charge in [0.2, 0.25) is 5.91 Å². The van der Waals surface area contributed by atoms with Gasteiger partial charge >= 0.3 is 0 Å². The minimum atomic E-state index is -0.751. The summed E-state index contributed by atoms with van der Waals surface area (Å²) in [7, 11) is 3.90. The molecule has 144 valence electrons. The lowest BCUT2D eigenvalue weighted by molar-refractivity contribution is -0.131. The highest BCUT2D eigenvalue weighted by molar-refractivity contribution is 5.77. The molecule has 1 aromatic carbocycles. The number of carbonyl (C=O) groups is 2. The van der Waals surface area contributed by atoms with Crippen molar-refractivity contribution in [2.45, 2.75) is 24.9 Å². The molecule has 0 aliphatic carbocycles. The second kappa shape index (κ2) is 9.00. The van der Waals surface area contributed by atoms with Crippen LogP contribution in [-0.4, -0.2) is 84.8 Å². The molecule has 0 spiro atoms. The Balaban J connectivity index is 0.000000758. The van der Waals surface area contributed by atoms with Gasteiger partial charge in [-0.1, -0.05) is 18.2 Å². The van der Waals surface area contributed by atoms with Crippen LogP contribution in [0.25, 0.3) is 0 Å². The monoisotopic (exact) mass is 363 g/mol. The fourth-order valence-electron chi connectivity index (χ4n) is 3.81. The predicted molar refractivity (Wildman–Crippen MR) is 100 cm³/mol. The van der Waals surface area contributed by atoms with Gasteiger partial charge in [0.15, 0.2) is 0 Å². The molecule has 0 aromatic heterocycles. The normalized spacial score (nSPS) is 21.4. The fourth-order valence-corrected chi connectivity index (χ4v) is 3.81. The van der Waals surface area contributed by atoms with Crippen LogP contribution in [0.1, 0.15) is 18.4 Å². The minimum absolute atomic E-state index is 0.157. The smallest absolute Gasteiger partial charge is 0.290 e. The first kappa shape index (κ1) is 20.2. The largest absolute Gasteiger partial charge is 0.483 e. The lowest BCUT2D eigenvalue weighted by atomic mass is 10.0. The highest BCUT2D eigenvalue weighted by Gasteiger charge is 2.38. The number of anilines is 1. The molecule has 3 rings (SSSR count). The molecule has 1 unspecified atom stereocenters. The van der Waals surface area contributed by atoms with Crippen LogP contribution in [0.5, 0.6) is 0 Å². The number of rotatable bonds is 5. The molecule has 2 aliphatic heterocycles. The van der Waals surface area contributed by atoms with Crippen molar-refractivity contribution < 1.29 is 19.8 Å². The maximum atomic E-state index is 12.5. The van der Waals surface area contributed by atoms with E-state index in [1.807, 2.05) is 23.9 Å². The number of carboxylic acid groups (broad SMARTS) is 1. The van der Waals surface area contributed by atoms with Gasteiger partial charge in [0, 0.05) is 38.3 Å². The summed E-state index contributed by atoms with van der Waals surface area (Å²) < 4.78 is 0. The molecule has 7 nitrogen and oxygen atoms in total. The third-order valence-electron chi connectivity index (χ3n) is 4.87. The Morgan fingerprint density at radius 3 is 2.69 bits per heavy atom. The van der Waals surface area contributed by atoms with E-state index in [4.69, 9.17) is 9.90 Å². The second-order valence-electron chi connectivity index (χ2n) is 7.25. The zero-order valence-electron chi connectivity index (χ0n) is 15.6. The number of hydrogen-bond acceptors (Lipinski definition) is 5. The summed E-state index contributed by atoms with van der Waals surface area (Å²) in [6, 6.07) is 8.43. The summed E-state index contributed by atoms with van der Waals surface area (Å²) >= 11 is 0. The van der Waals surface area contributed by atoms with E-state index < -0.39 is 5.60 Å². The van der Waals surface area contributed by atoms with Gasteiger partial charge in [0.25, 0.3) is 6.47 Å². The second-order valence-corrected chi connectivity index (χ2v) is 7.25. The number of benzene rings is 1. The van der Waals surface area contributed by atoms with Crippen molar-refractivity contribution in [3.8, 4) is 0 Å². The number of para-hydroxylation sites is 1. The summed E-state index contributed by atoms with van der Waals surface area (Å²) in [6.45, 7) is 3.24. The van der Waals surface area contributed by atoms with Gasteiger partial charge in [-0.15, -0.1) is 0 Å². The van der Waals surface area contributed by atoms with Gasteiger partial charge in [-0.25, -0.2) is 0 Å². The first-order chi connectivity index (χ1) is 12.4. The van der Waals surface area contributed by atoms with Crippen molar-refractivity contribution >= 4 is 18.1 Å². The van der Waals surface area contributed by atoms with Crippen molar-refractivity contribution in [3.05, 3.63) is 29.8 Å². The lowest BCUT2D eigenvalue weighted by Gasteiger charge is -2.27. The van der Waals surface area contributed by atoms with E-state index in [1.54, 1.807) is 0 Å². The quantitative estimate of drug-likeness (QED) is 0.748. The minimum Gasteiger partial charge on any atom is -0.483 e. The average molecular weight is 363 g/mol. The van der Waals surface area contributed by atoms with E-state index in [1.165, 1.54) is 11.3 Å². The number of aliphatic hydroxyl groups is 1. The molecule has 0 radical (unpaired) electrons. The van der Waals surface area contributed by atoms with Crippen LogP contribution in [0.3, 0.4) is 0 Å². The molecule has 0 saturated carbocycles. The maximum Gasteiger partial charge on any atom is 0.290 e. The van der Waals surface area contributed by atoms with Gasteiger partial charge in [0.1, 0.15) is 0 Å². The summed E-state index contributed by atoms with van der Waals surface area (Å²) in [5.74, 6) is 0.157. The van der Waals surface area contributed by atoms with E-state index in [0.717, 1.165) is 19.5 Å².